The van der Waals surface area contributed by atoms with E-state index >= 15 is 0 Å². The van der Waals surface area contributed by atoms with Gasteiger partial charge in [-0.15, -0.1) is 0 Å². The summed E-state index contributed by atoms with van der Waals surface area (Å²) < 4.78 is 4.98. The molecule has 4 heteroatoms. The smallest absolute Gasteiger partial charge is 0.221 e. The molecule has 4 nitrogen and oxygen atoms in total. The Morgan fingerprint density at radius 3 is 2.54 bits per heavy atom. The van der Waals surface area contributed by atoms with Gasteiger partial charge in [-0.3, -0.25) is 4.79 Å². The first-order chi connectivity index (χ1) is 6.07. The Morgan fingerprint density at radius 2 is 2.08 bits per heavy atom. The number of nitrogens with two attached hydrogens (primary N) is 1. The fraction of sp³-hybridized carbons (Fsp3) is 0.889. The summed E-state index contributed by atoms with van der Waals surface area (Å²) in [7, 11) is 1.68. The maximum Gasteiger partial charge on any atom is 0.221 e. The molecule has 0 aromatic carbocycles. The largest absolute Gasteiger partial charge is 0.384 e. The van der Waals surface area contributed by atoms with E-state index in [-0.39, 0.29) is 11.8 Å². The number of carbonyl (C=O) groups is 1. The minimum absolute atomic E-state index is 0.102. The standard InChI is InChI=1S/C9H20N2O2/c1-7(6-13-3)4-11-5-8(2)9(10)12/h7-8,11H,4-6H2,1-3H3,(H2,10,12). The molecule has 2 unspecified atom stereocenters. The zero-order chi connectivity index (χ0) is 10.3. The molecule has 0 aromatic heterocycles. The van der Waals surface area contributed by atoms with Crippen molar-refractivity contribution in [3.05, 3.63) is 0 Å². The van der Waals surface area contributed by atoms with E-state index in [9.17, 15) is 4.79 Å². The maximum absolute atomic E-state index is 10.7. The van der Waals surface area contributed by atoms with Crippen molar-refractivity contribution in [2.45, 2.75) is 13.8 Å². The van der Waals surface area contributed by atoms with Gasteiger partial charge in [0.15, 0.2) is 0 Å². The average Bonchev–Trinajstić information content (AvgIpc) is 2.04. The highest BCUT2D eigenvalue weighted by Crippen LogP contribution is 1.94. The highest BCUT2D eigenvalue weighted by atomic mass is 16.5. The van der Waals surface area contributed by atoms with Crippen molar-refractivity contribution >= 4 is 5.91 Å². The molecule has 0 aliphatic heterocycles. The number of nitrogens with one attached hydrogen (secondary N) is 1. The van der Waals surface area contributed by atoms with Crippen LogP contribution in [0.5, 0.6) is 0 Å². The monoisotopic (exact) mass is 188 g/mol. The Kier molecular flexibility index (Phi) is 6.54. The van der Waals surface area contributed by atoms with E-state index in [0.29, 0.717) is 12.5 Å². The molecule has 0 aliphatic rings. The summed E-state index contributed by atoms with van der Waals surface area (Å²) in [5, 5.41) is 3.17. The summed E-state index contributed by atoms with van der Waals surface area (Å²) in [5.74, 6) is 0.103. The fourth-order valence-corrected chi connectivity index (χ4v) is 0.990. The van der Waals surface area contributed by atoms with Crippen LogP contribution in [0.15, 0.2) is 0 Å². The molecule has 0 bridgehead atoms. The highest BCUT2D eigenvalue weighted by molar-refractivity contribution is 5.76. The average molecular weight is 188 g/mol. The van der Waals surface area contributed by atoms with Gasteiger partial charge < -0.3 is 15.8 Å². The molecule has 0 radical (unpaired) electrons. The highest BCUT2D eigenvalue weighted by Gasteiger charge is 2.08. The molecule has 0 rings (SSSR count). The number of hydrogen-bond acceptors (Lipinski definition) is 3. The molecule has 0 spiro atoms. The summed E-state index contributed by atoms with van der Waals surface area (Å²) >= 11 is 0. The lowest BCUT2D eigenvalue weighted by molar-refractivity contribution is -0.121. The Labute approximate surface area is 79.8 Å². The molecule has 0 aromatic rings. The summed E-state index contributed by atoms with van der Waals surface area (Å²) in [6.07, 6.45) is 0. The van der Waals surface area contributed by atoms with E-state index in [1.165, 1.54) is 0 Å². The number of amides is 1. The zero-order valence-corrected chi connectivity index (χ0v) is 8.67. The van der Waals surface area contributed by atoms with Gasteiger partial charge in [0.25, 0.3) is 0 Å². The predicted octanol–water partition coefficient (Wildman–Crippen LogP) is -0.0201. The van der Waals surface area contributed by atoms with Crippen LogP contribution in [0.1, 0.15) is 13.8 Å². The number of hydrogen-bond donors (Lipinski definition) is 2. The van der Waals surface area contributed by atoms with Crippen LogP contribution in [0.3, 0.4) is 0 Å². The van der Waals surface area contributed by atoms with Crippen molar-refractivity contribution < 1.29 is 9.53 Å². The van der Waals surface area contributed by atoms with Gasteiger partial charge in [-0.25, -0.2) is 0 Å². The fourth-order valence-electron chi connectivity index (χ4n) is 0.990. The SMILES string of the molecule is COCC(C)CNCC(C)C(N)=O. The molecular formula is C9H20N2O2. The number of carbonyl (C=O) groups excluding carboxylic acids is 1. The Hall–Kier alpha value is -0.610. The lowest BCUT2D eigenvalue weighted by Gasteiger charge is -2.13. The molecule has 13 heavy (non-hydrogen) atoms. The van der Waals surface area contributed by atoms with E-state index in [4.69, 9.17) is 10.5 Å². The van der Waals surface area contributed by atoms with Gasteiger partial charge in [-0.2, -0.15) is 0 Å². The van der Waals surface area contributed by atoms with E-state index in [1.807, 2.05) is 6.92 Å². The second-order valence-corrected chi connectivity index (χ2v) is 3.52. The topological polar surface area (TPSA) is 64.3 Å². The second kappa shape index (κ2) is 6.86. The van der Waals surface area contributed by atoms with Gasteiger partial charge in [0.05, 0.1) is 0 Å². The van der Waals surface area contributed by atoms with Gasteiger partial charge in [-0.1, -0.05) is 13.8 Å². The molecule has 1 amide bonds. The first kappa shape index (κ1) is 12.4. The maximum atomic E-state index is 10.7. The molecule has 2 atom stereocenters. The molecule has 0 fully saturated rings. The van der Waals surface area contributed by atoms with Crippen molar-refractivity contribution in [3.8, 4) is 0 Å². The van der Waals surface area contributed by atoms with Crippen LogP contribution in [0, 0.1) is 11.8 Å². The van der Waals surface area contributed by atoms with Crippen LogP contribution in [0.2, 0.25) is 0 Å². The third-order valence-corrected chi connectivity index (χ3v) is 1.88. The third-order valence-electron chi connectivity index (χ3n) is 1.88. The zero-order valence-electron chi connectivity index (χ0n) is 8.67. The first-order valence-electron chi connectivity index (χ1n) is 4.56. The lowest BCUT2D eigenvalue weighted by atomic mass is 10.1. The summed E-state index contributed by atoms with van der Waals surface area (Å²) in [6.45, 7) is 6.13. The van der Waals surface area contributed by atoms with Crippen molar-refractivity contribution in [3.63, 3.8) is 0 Å². The number of primary amides is 1. The Balaban J connectivity index is 3.39. The summed E-state index contributed by atoms with van der Waals surface area (Å²) in [4.78, 5) is 10.7. The molecule has 3 N–H and O–H groups in total. The van der Waals surface area contributed by atoms with Crippen LogP contribution in [0.25, 0.3) is 0 Å². The Morgan fingerprint density at radius 1 is 1.46 bits per heavy atom. The predicted molar refractivity (Wildman–Crippen MR) is 52.3 cm³/mol. The van der Waals surface area contributed by atoms with Crippen LogP contribution in [-0.2, 0) is 9.53 Å². The molecule has 78 valence electrons. The minimum atomic E-state index is -0.258. The molecular weight excluding hydrogens is 168 g/mol. The Bertz CT molecular complexity index is 151. The molecule has 0 heterocycles. The first-order valence-corrected chi connectivity index (χ1v) is 4.56. The summed E-state index contributed by atoms with van der Waals surface area (Å²) in [6, 6.07) is 0. The van der Waals surface area contributed by atoms with Crippen molar-refractivity contribution in [2.75, 3.05) is 26.8 Å². The number of ether oxygens (including phenoxy) is 1. The van der Waals surface area contributed by atoms with Crippen LogP contribution >= 0.6 is 0 Å². The van der Waals surface area contributed by atoms with Crippen molar-refractivity contribution in [1.82, 2.24) is 5.32 Å². The van der Waals surface area contributed by atoms with Gasteiger partial charge in [-0.05, 0) is 12.5 Å². The summed E-state index contributed by atoms with van der Waals surface area (Å²) in [5.41, 5.74) is 5.11. The lowest BCUT2D eigenvalue weighted by Crippen LogP contribution is -2.33. The van der Waals surface area contributed by atoms with Crippen LogP contribution < -0.4 is 11.1 Å². The van der Waals surface area contributed by atoms with E-state index < -0.39 is 0 Å². The van der Waals surface area contributed by atoms with Crippen molar-refractivity contribution in [1.29, 1.82) is 0 Å². The van der Waals surface area contributed by atoms with Gasteiger partial charge in [0.1, 0.15) is 0 Å². The second-order valence-electron chi connectivity index (χ2n) is 3.52. The molecule has 0 saturated carbocycles. The van der Waals surface area contributed by atoms with E-state index in [2.05, 4.69) is 12.2 Å². The van der Waals surface area contributed by atoms with Gasteiger partial charge in [0, 0.05) is 26.2 Å². The van der Waals surface area contributed by atoms with E-state index in [1.54, 1.807) is 7.11 Å². The van der Waals surface area contributed by atoms with Crippen LogP contribution in [-0.4, -0.2) is 32.7 Å². The van der Waals surface area contributed by atoms with Gasteiger partial charge >= 0.3 is 0 Å². The quantitative estimate of drug-likeness (QED) is 0.590. The van der Waals surface area contributed by atoms with E-state index in [0.717, 1.165) is 13.2 Å². The van der Waals surface area contributed by atoms with Gasteiger partial charge in [0.2, 0.25) is 5.91 Å². The normalized spacial score (nSPS) is 15.3. The number of methoxy groups -OCH3 is 1. The minimum Gasteiger partial charge on any atom is -0.384 e. The van der Waals surface area contributed by atoms with Crippen molar-refractivity contribution in [2.24, 2.45) is 17.6 Å². The third kappa shape index (κ3) is 6.54. The molecule has 0 aliphatic carbocycles. The van der Waals surface area contributed by atoms with Crippen LogP contribution in [0.4, 0.5) is 0 Å². The molecule has 0 saturated heterocycles. The number of rotatable bonds is 7.